The van der Waals surface area contributed by atoms with Gasteiger partial charge in [-0.3, -0.25) is 4.98 Å². The molecule has 9 rings (SSSR count). The first kappa shape index (κ1) is 33.9. The van der Waals surface area contributed by atoms with Crippen molar-refractivity contribution in [1.29, 1.82) is 0 Å². The molecule has 3 heteroatoms. The maximum atomic E-state index is 4.41. The summed E-state index contributed by atoms with van der Waals surface area (Å²) < 4.78 is 0. The van der Waals surface area contributed by atoms with Crippen LogP contribution >= 0.6 is 0 Å². The van der Waals surface area contributed by atoms with Crippen LogP contribution in [0.3, 0.4) is 0 Å². The topological polar surface area (TPSA) is 19.4 Å². The average molecular weight is 702 g/mol. The fraction of sp³-hybridized carbons (Fsp3) is 0.196. The van der Waals surface area contributed by atoms with E-state index in [1.54, 1.807) is 5.57 Å². The van der Waals surface area contributed by atoms with E-state index in [-0.39, 0.29) is 5.41 Å². The van der Waals surface area contributed by atoms with Crippen LogP contribution in [0, 0.1) is 0 Å². The smallest absolute Gasteiger partial charge is 0.0588 e. The second-order valence-corrected chi connectivity index (χ2v) is 15.5. The van der Waals surface area contributed by atoms with Gasteiger partial charge in [-0.05, 0) is 132 Å². The molecule has 0 bridgehead atoms. The van der Waals surface area contributed by atoms with Gasteiger partial charge in [0.05, 0.1) is 6.04 Å². The molecular weight excluding hydrogens is 655 g/mol. The van der Waals surface area contributed by atoms with Gasteiger partial charge in [-0.2, -0.15) is 0 Å². The number of nitrogens with zero attached hydrogens (tertiary/aromatic N) is 3. The van der Waals surface area contributed by atoms with Gasteiger partial charge in [0.2, 0.25) is 0 Å². The summed E-state index contributed by atoms with van der Waals surface area (Å²) in [5.74, 6) is 0.484. The van der Waals surface area contributed by atoms with Crippen LogP contribution in [0.25, 0.3) is 27.8 Å². The van der Waals surface area contributed by atoms with Gasteiger partial charge in [0.25, 0.3) is 0 Å². The summed E-state index contributed by atoms with van der Waals surface area (Å²) in [6.07, 6.45) is 25.9. The van der Waals surface area contributed by atoms with Crippen LogP contribution in [-0.2, 0) is 5.41 Å². The van der Waals surface area contributed by atoms with Crippen LogP contribution in [0.2, 0.25) is 0 Å². The van der Waals surface area contributed by atoms with E-state index in [0.29, 0.717) is 12.0 Å². The van der Waals surface area contributed by atoms with E-state index < -0.39 is 0 Å². The highest BCUT2D eigenvalue weighted by atomic mass is 15.2. The third-order valence-corrected chi connectivity index (χ3v) is 12.0. The number of anilines is 4. The summed E-state index contributed by atoms with van der Waals surface area (Å²) in [7, 11) is 0. The van der Waals surface area contributed by atoms with Gasteiger partial charge >= 0.3 is 0 Å². The summed E-state index contributed by atoms with van der Waals surface area (Å²) >= 11 is 0. The lowest BCUT2D eigenvalue weighted by molar-refractivity contribution is 0.565. The van der Waals surface area contributed by atoms with Gasteiger partial charge in [-0.1, -0.05) is 111 Å². The molecule has 3 nitrogen and oxygen atoms in total. The monoisotopic (exact) mass is 701 g/mol. The minimum absolute atomic E-state index is 0.00851. The molecule has 0 radical (unpaired) electrons. The molecular formula is C51H47N3. The predicted molar refractivity (Wildman–Crippen MR) is 229 cm³/mol. The van der Waals surface area contributed by atoms with Crippen molar-refractivity contribution in [3.8, 4) is 22.3 Å². The quantitative estimate of drug-likeness (QED) is 0.119. The highest BCUT2D eigenvalue weighted by molar-refractivity contribution is 5.89. The van der Waals surface area contributed by atoms with Gasteiger partial charge in [0, 0.05) is 57.7 Å². The molecule has 0 saturated heterocycles. The molecule has 0 amide bonds. The largest absolute Gasteiger partial charge is 0.338 e. The van der Waals surface area contributed by atoms with E-state index in [4.69, 9.17) is 0 Å². The van der Waals surface area contributed by atoms with Crippen molar-refractivity contribution < 1.29 is 0 Å². The normalized spacial score (nSPS) is 19.5. The fourth-order valence-corrected chi connectivity index (χ4v) is 9.37. The van der Waals surface area contributed by atoms with Crippen molar-refractivity contribution in [3.63, 3.8) is 0 Å². The molecule has 5 aromatic rings. The minimum Gasteiger partial charge on any atom is -0.338 e. The summed E-state index contributed by atoms with van der Waals surface area (Å²) in [5.41, 5.74) is 18.0. The zero-order valence-electron chi connectivity index (χ0n) is 31.5. The van der Waals surface area contributed by atoms with Crippen molar-refractivity contribution >= 4 is 28.3 Å². The molecule has 2 unspecified atom stereocenters. The van der Waals surface area contributed by atoms with Crippen LogP contribution < -0.4 is 9.80 Å². The first-order valence-corrected chi connectivity index (χ1v) is 19.4. The zero-order valence-corrected chi connectivity index (χ0v) is 31.5. The Morgan fingerprint density at radius 1 is 0.815 bits per heavy atom. The molecule has 3 aliphatic carbocycles. The standard InChI is InChI=1S/C51H47N3/c1-5-6-7-14-35(2)53-49-21-11-9-19-45(49)46-32-38(24-29-50(46)53)36-22-25-40(26-23-36)54(41-17-12-15-37(31-41)39-16-13-30-52-34-39)42-27-28-44-43-18-8-10-20-47(43)51(3,4)48(44)33-42/h5-8,11-18,21-34,45,49H,1,9-10,19-20H2,2-4H3/b7-6-,35-14+. The molecule has 2 atom stereocenters. The molecule has 0 saturated carbocycles. The number of hydrogen-bond acceptors (Lipinski definition) is 3. The zero-order chi connectivity index (χ0) is 36.8. The number of pyridine rings is 1. The SMILES string of the molecule is C=C/C=C\C=C(/C)N1c2ccc(-c3ccc(N(c4cccc(-c5cccnc5)c4)c4ccc5c(c4)C(C)(C)C4=C5C=CCC4)cc3)cc2C2CCC=CC21. The third kappa shape index (κ3) is 5.80. The van der Waals surface area contributed by atoms with E-state index in [9.17, 15) is 0 Å². The van der Waals surface area contributed by atoms with Gasteiger partial charge in [-0.15, -0.1) is 0 Å². The minimum atomic E-state index is -0.00851. The van der Waals surface area contributed by atoms with Gasteiger partial charge in [0.15, 0.2) is 0 Å². The van der Waals surface area contributed by atoms with E-state index in [1.807, 2.05) is 30.6 Å². The summed E-state index contributed by atoms with van der Waals surface area (Å²) in [6, 6.07) is 36.7. The van der Waals surface area contributed by atoms with Crippen LogP contribution in [0.1, 0.15) is 69.1 Å². The Balaban J connectivity index is 1.10. The second-order valence-electron chi connectivity index (χ2n) is 15.5. The lowest BCUT2D eigenvalue weighted by Crippen LogP contribution is -2.32. The molecule has 0 fully saturated rings. The molecule has 0 N–H and O–H groups in total. The number of fused-ring (bicyclic) bond motifs is 5. The molecule has 266 valence electrons. The molecule has 0 spiro atoms. The van der Waals surface area contributed by atoms with Gasteiger partial charge in [-0.25, -0.2) is 0 Å². The van der Waals surface area contributed by atoms with Crippen molar-refractivity contribution in [2.45, 2.75) is 63.8 Å². The number of hydrogen-bond donors (Lipinski definition) is 0. The van der Waals surface area contributed by atoms with E-state index >= 15 is 0 Å². The van der Waals surface area contributed by atoms with Crippen molar-refractivity contribution in [3.05, 3.63) is 193 Å². The van der Waals surface area contributed by atoms with Gasteiger partial charge < -0.3 is 9.80 Å². The van der Waals surface area contributed by atoms with E-state index in [2.05, 4.69) is 170 Å². The fourth-order valence-electron chi connectivity index (χ4n) is 9.37. The van der Waals surface area contributed by atoms with Crippen LogP contribution in [0.15, 0.2) is 176 Å². The molecule has 54 heavy (non-hydrogen) atoms. The number of rotatable bonds is 8. The predicted octanol–water partition coefficient (Wildman–Crippen LogP) is 13.5. The van der Waals surface area contributed by atoms with Crippen molar-refractivity contribution in [2.75, 3.05) is 9.80 Å². The Kier molecular flexibility index (Phi) is 8.66. The Bertz CT molecular complexity index is 2400. The Morgan fingerprint density at radius 3 is 2.44 bits per heavy atom. The number of benzene rings is 4. The lowest BCUT2D eigenvalue weighted by atomic mass is 9.78. The highest BCUT2D eigenvalue weighted by Crippen LogP contribution is 2.52. The van der Waals surface area contributed by atoms with E-state index in [1.165, 1.54) is 56.9 Å². The van der Waals surface area contributed by atoms with E-state index in [0.717, 1.165) is 41.8 Å². The number of allylic oxidation sites excluding steroid dienone is 10. The Morgan fingerprint density at radius 2 is 1.61 bits per heavy atom. The maximum Gasteiger partial charge on any atom is 0.0588 e. The Hall–Kier alpha value is -5.93. The van der Waals surface area contributed by atoms with Crippen molar-refractivity contribution in [2.24, 2.45) is 0 Å². The van der Waals surface area contributed by atoms with Crippen molar-refractivity contribution in [1.82, 2.24) is 4.98 Å². The highest BCUT2D eigenvalue weighted by Gasteiger charge is 2.39. The molecule has 4 aliphatic rings. The molecule has 2 heterocycles. The average Bonchev–Trinajstić information content (AvgIpc) is 3.67. The third-order valence-electron chi connectivity index (χ3n) is 12.0. The van der Waals surface area contributed by atoms with Crippen LogP contribution in [0.4, 0.5) is 22.7 Å². The summed E-state index contributed by atoms with van der Waals surface area (Å²) in [5, 5.41) is 0. The maximum absolute atomic E-state index is 4.41. The number of aromatic nitrogens is 1. The molecule has 1 aromatic heterocycles. The first-order chi connectivity index (χ1) is 26.4. The Labute approximate surface area is 320 Å². The summed E-state index contributed by atoms with van der Waals surface area (Å²) in [6.45, 7) is 10.9. The first-order valence-electron chi connectivity index (χ1n) is 19.4. The lowest BCUT2D eigenvalue weighted by Gasteiger charge is -2.30. The molecule has 4 aromatic carbocycles. The second kappa shape index (κ2) is 13.8. The molecule has 1 aliphatic heterocycles. The van der Waals surface area contributed by atoms with Crippen LogP contribution in [0.5, 0.6) is 0 Å². The van der Waals surface area contributed by atoms with Gasteiger partial charge in [0.1, 0.15) is 0 Å². The summed E-state index contributed by atoms with van der Waals surface area (Å²) in [4.78, 5) is 9.35. The van der Waals surface area contributed by atoms with Crippen LogP contribution in [-0.4, -0.2) is 11.0 Å².